The molecule has 0 saturated heterocycles. The molecule has 0 aliphatic heterocycles. The summed E-state index contributed by atoms with van der Waals surface area (Å²) in [6.07, 6.45) is 103. The lowest BCUT2D eigenvalue weighted by atomic mass is 10.0. The van der Waals surface area contributed by atoms with Crippen molar-refractivity contribution in [2.45, 2.75) is 508 Å². The van der Waals surface area contributed by atoms with E-state index in [0.717, 1.165) is 44.9 Å². The van der Waals surface area contributed by atoms with Crippen LogP contribution in [0.25, 0.3) is 0 Å². The monoisotopic (exact) mass is 1280 g/mol. The van der Waals surface area contributed by atoms with Crippen molar-refractivity contribution in [3.8, 4) is 0 Å². The SMILES string of the molecule is CCCCCCC/C=C\CCCCCCCC(=O)OCCCCCCCCCCCCCCCCCCCCCCCCCCCCCCCCCCCCCC(=O)NC(CO)C(O)CCCCCCCCCCCCCCCCCCCCCCCCCCC. The van der Waals surface area contributed by atoms with Gasteiger partial charge in [-0.05, 0) is 51.4 Å². The molecule has 0 heterocycles. The molecule has 0 bridgehead atoms. The van der Waals surface area contributed by atoms with E-state index in [-0.39, 0.29) is 18.5 Å². The van der Waals surface area contributed by atoms with E-state index in [0.29, 0.717) is 25.9 Å². The van der Waals surface area contributed by atoms with Crippen LogP contribution in [0, 0.1) is 0 Å². The second kappa shape index (κ2) is 81.0. The number of rotatable bonds is 81. The molecule has 0 saturated carbocycles. The second-order valence-electron chi connectivity index (χ2n) is 29.5. The molecule has 0 aromatic heterocycles. The van der Waals surface area contributed by atoms with Crippen molar-refractivity contribution in [1.29, 1.82) is 0 Å². The third-order valence-electron chi connectivity index (χ3n) is 20.3. The van der Waals surface area contributed by atoms with Crippen LogP contribution in [0.1, 0.15) is 495 Å². The molecule has 0 spiro atoms. The molecule has 0 aliphatic carbocycles. The smallest absolute Gasteiger partial charge is 0.305 e. The van der Waals surface area contributed by atoms with Crippen LogP contribution in [-0.4, -0.2) is 47.4 Å². The van der Waals surface area contributed by atoms with Crippen molar-refractivity contribution in [2.24, 2.45) is 0 Å². The molecule has 91 heavy (non-hydrogen) atoms. The number of unbranched alkanes of at least 4 members (excludes halogenated alkanes) is 68. The van der Waals surface area contributed by atoms with Gasteiger partial charge in [0.1, 0.15) is 0 Å². The predicted octanol–water partition coefficient (Wildman–Crippen LogP) is 28.2. The highest BCUT2D eigenvalue weighted by molar-refractivity contribution is 5.76. The van der Waals surface area contributed by atoms with Gasteiger partial charge in [0.2, 0.25) is 5.91 Å². The number of allylic oxidation sites excluding steroid dienone is 2. The Morgan fingerprint density at radius 3 is 0.780 bits per heavy atom. The Morgan fingerprint density at radius 1 is 0.297 bits per heavy atom. The number of amides is 1. The maximum Gasteiger partial charge on any atom is 0.305 e. The van der Waals surface area contributed by atoms with Gasteiger partial charge in [-0.2, -0.15) is 0 Å². The molecule has 0 aromatic rings. The van der Waals surface area contributed by atoms with E-state index >= 15 is 0 Å². The molecular formula is C85H167NO5. The number of aliphatic hydroxyl groups is 2. The van der Waals surface area contributed by atoms with Crippen LogP contribution in [-0.2, 0) is 14.3 Å². The molecule has 0 aliphatic rings. The molecule has 6 heteroatoms. The van der Waals surface area contributed by atoms with E-state index in [1.807, 2.05) is 0 Å². The van der Waals surface area contributed by atoms with Crippen molar-refractivity contribution in [3.05, 3.63) is 12.2 Å². The maximum atomic E-state index is 12.6. The van der Waals surface area contributed by atoms with Crippen molar-refractivity contribution in [2.75, 3.05) is 13.2 Å². The van der Waals surface area contributed by atoms with Crippen molar-refractivity contribution in [1.82, 2.24) is 5.32 Å². The zero-order chi connectivity index (χ0) is 65.6. The fourth-order valence-electron chi connectivity index (χ4n) is 13.9. The summed E-state index contributed by atoms with van der Waals surface area (Å²) in [5.41, 5.74) is 0. The van der Waals surface area contributed by atoms with Crippen LogP contribution in [0.4, 0.5) is 0 Å². The summed E-state index contributed by atoms with van der Waals surface area (Å²) in [5, 5.41) is 23.5. The fraction of sp³-hybridized carbons (Fsp3) is 0.953. The number of hydrogen-bond acceptors (Lipinski definition) is 5. The highest BCUT2D eigenvalue weighted by atomic mass is 16.5. The summed E-state index contributed by atoms with van der Waals surface area (Å²) in [4.78, 5) is 24.7. The summed E-state index contributed by atoms with van der Waals surface area (Å²) < 4.78 is 5.50. The third-order valence-corrected chi connectivity index (χ3v) is 20.3. The normalized spacial score (nSPS) is 12.4. The highest BCUT2D eigenvalue weighted by Gasteiger charge is 2.20. The standard InChI is InChI=1S/C85H167NO5/c1-3-5-7-9-11-13-15-17-19-20-21-22-23-35-38-41-44-47-50-53-57-61-65-69-73-77-83(88)82(81-87)86-84(89)78-74-70-66-62-58-54-51-48-45-42-39-36-33-31-29-27-25-24-26-28-30-32-34-37-40-43-46-49-52-56-60-64-68-72-76-80-91-85(90)79-75-71-67-63-59-55-18-16-14-12-10-8-6-4-2/h16,18,82-83,87-88H,3-15,17,19-81H2,1-2H3,(H,86,89)/b18-16-. The van der Waals surface area contributed by atoms with Crippen molar-refractivity contribution < 1.29 is 24.5 Å². The topological polar surface area (TPSA) is 95.9 Å². The molecule has 0 rings (SSSR count). The van der Waals surface area contributed by atoms with E-state index in [9.17, 15) is 19.8 Å². The van der Waals surface area contributed by atoms with Crippen LogP contribution in [0.3, 0.4) is 0 Å². The van der Waals surface area contributed by atoms with Gasteiger partial charge in [0, 0.05) is 12.8 Å². The maximum absolute atomic E-state index is 12.6. The minimum atomic E-state index is -0.662. The first-order valence-corrected chi connectivity index (χ1v) is 42.4. The molecule has 0 aromatic carbocycles. The van der Waals surface area contributed by atoms with Gasteiger partial charge in [-0.1, -0.05) is 443 Å². The Bertz CT molecular complexity index is 1380. The van der Waals surface area contributed by atoms with Crippen molar-refractivity contribution in [3.63, 3.8) is 0 Å². The average Bonchev–Trinajstić information content (AvgIpc) is 3.64. The van der Waals surface area contributed by atoms with E-state index in [2.05, 4.69) is 31.3 Å². The summed E-state index contributed by atoms with van der Waals surface area (Å²) in [6.45, 7) is 5.00. The van der Waals surface area contributed by atoms with E-state index in [1.54, 1.807) is 0 Å². The molecule has 2 unspecified atom stereocenters. The van der Waals surface area contributed by atoms with E-state index in [1.165, 1.54) is 417 Å². The average molecular weight is 1280 g/mol. The van der Waals surface area contributed by atoms with Gasteiger partial charge in [-0.15, -0.1) is 0 Å². The third kappa shape index (κ3) is 77.5. The fourth-order valence-corrected chi connectivity index (χ4v) is 13.9. The lowest BCUT2D eigenvalue weighted by molar-refractivity contribution is -0.143. The van der Waals surface area contributed by atoms with Gasteiger partial charge < -0.3 is 20.3 Å². The molecule has 0 fully saturated rings. The molecule has 542 valence electrons. The molecular weight excluding hydrogens is 1110 g/mol. The van der Waals surface area contributed by atoms with E-state index in [4.69, 9.17) is 4.74 Å². The molecule has 6 nitrogen and oxygen atoms in total. The first-order chi connectivity index (χ1) is 45.0. The Labute approximate surface area is 571 Å². The van der Waals surface area contributed by atoms with Crippen LogP contribution in [0.2, 0.25) is 0 Å². The van der Waals surface area contributed by atoms with Gasteiger partial charge in [0.25, 0.3) is 0 Å². The summed E-state index contributed by atoms with van der Waals surface area (Å²) in [6, 6.07) is -0.538. The second-order valence-corrected chi connectivity index (χ2v) is 29.5. The zero-order valence-corrected chi connectivity index (χ0v) is 62.4. The summed E-state index contributed by atoms with van der Waals surface area (Å²) in [5.74, 6) is -0.00759. The molecule has 1 amide bonds. The van der Waals surface area contributed by atoms with Crippen LogP contribution < -0.4 is 5.32 Å². The zero-order valence-electron chi connectivity index (χ0n) is 62.4. The largest absolute Gasteiger partial charge is 0.466 e. The summed E-state index contributed by atoms with van der Waals surface area (Å²) >= 11 is 0. The number of esters is 1. The first-order valence-electron chi connectivity index (χ1n) is 42.4. The first kappa shape index (κ1) is 89.6. The number of nitrogens with one attached hydrogen (secondary N) is 1. The lowest BCUT2D eigenvalue weighted by Gasteiger charge is -2.22. The van der Waals surface area contributed by atoms with Crippen LogP contribution in [0.15, 0.2) is 12.2 Å². The van der Waals surface area contributed by atoms with Gasteiger partial charge in [0.15, 0.2) is 0 Å². The Kier molecular flexibility index (Phi) is 79.8. The number of carbonyl (C=O) groups is 2. The molecule has 3 N–H and O–H groups in total. The number of carbonyl (C=O) groups excluding carboxylic acids is 2. The molecule has 2 atom stereocenters. The predicted molar refractivity (Wildman–Crippen MR) is 403 cm³/mol. The Morgan fingerprint density at radius 2 is 0.516 bits per heavy atom. The van der Waals surface area contributed by atoms with Crippen molar-refractivity contribution >= 4 is 11.9 Å². The van der Waals surface area contributed by atoms with Gasteiger partial charge in [-0.25, -0.2) is 0 Å². The number of aliphatic hydroxyl groups excluding tert-OH is 2. The van der Waals surface area contributed by atoms with Gasteiger partial charge in [-0.3, -0.25) is 9.59 Å². The van der Waals surface area contributed by atoms with Gasteiger partial charge in [0.05, 0.1) is 25.4 Å². The Balaban J connectivity index is 3.31. The van der Waals surface area contributed by atoms with Crippen LogP contribution >= 0.6 is 0 Å². The quantitative estimate of drug-likeness (QED) is 0.0320. The number of ether oxygens (including phenoxy) is 1. The Hall–Kier alpha value is -1.40. The van der Waals surface area contributed by atoms with Gasteiger partial charge >= 0.3 is 5.97 Å². The highest BCUT2D eigenvalue weighted by Crippen LogP contribution is 2.21. The minimum absolute atomic E-state index is 0.0153. The number of hydrogen-bond donors (Lipinski definition) is 3. The molecule has 0 radical (unpaired) electrons. The van der Waals surface area contributed by atoms with Crippen LogP contribution in [0.5, 0.6) is 0 Å². The minimum Gasteiger partial charge on any atom is -0.466 e. The summed E-state index contributed by atoms with van der Waals surface area (Å²) in [7, 11) is 0. The lowest BCUT2D eigenvalue weighted by Crippen LogP contribution is -2.45. The van der Waals surface area contributed by atoms with E-state index < -0.39 is 12.1 Å².